The summed E-state index contributed by atoms with van der Waals surface area (Å²) < 4.78 is 20.0. The number of rotatable bonds is 4. The fourth-order valence-corrected chi connectivity index (χ4v) is 3.49. The summed E-state index contributed by atoms with van der Waals surface area (Å²) >= 11 is 0. The van der Waals surface area contributed by atoms with Gasteiger partial charge in [-0.2, -0.15) is 0 Å². The van der Waals surface area contributed by atoms with Crippen molar-refractivity contribution in [3.8, 4) is 17.7 Å². The molecule has 2 heterocycles. The summed E-state index contributed by atoms with van der Waals surface area (Å²) in [6.45, 7) is 5.63. The molecule has 1 aliphatic heterocycles. The molecule has 0 radical (unpaired) electrons. The number of hydrogen-bond donors (Lipinski definition) is 1. The second-order valence-corrected chi connectivity index (χ2v) is 8.33. The number of pyridine rings is 1. The molecule has 0 unspecified atom stereocenters. The third-order valence-electron chi connectivity index (χ3n) is 5.73. The number of halogens is 1. The molecule has 1 aromatic carbocycles. The van der Waals surface area contributed by atoms with Crippen LogP contribution in [-0.2, 0) is 4.79 Å². The number of likely N-dealkylation sites (N-methyl/N-ethyl adjacent to an activating group) is 1. The van der Waals surface area contributed by atoms with Crippen molar-refractivity contribution in [2.24, 2.45) is 5.92 Å². The lowest BCUT2D eigenvalue weighted by atomic mass is 10.00. The van der Waals surface area contributed by atoms with Crippen LogP contribution in [0.2, 0.25) is 0 Å². The molecule has 174 valence electrons. The van der Waals surface area contributed by atoms with Crippen LogP contribution in [0, 0.1) is 23.6 Å². The molecular formula is C25H28FN3O4. The summed E-state index contributed by atoms with van der Waals surface area (Å²) in [5.41, 5.74) is 0.873. The quantitative estimate of drug-likeness (QED) is 0.719. The Morgan fingerprint density at radius 3 is 2.79 bits per heavy atom. The van der Waals surface area contributed by atoms with Crippen molar-refractivity contribution in [3.05, 3.63) is 59.0 Å². The maximum atomic E-state index is 13.9. The molecule has 0 saturated heterocycles. The number of nitrogens with zero attached hydrogens (tertiary/aromatic N) is 3. The van der Waals surface area contributed by atoms with Crippen LogP contribution in [-0.4, -0.2) is 70.6 Å². The Balaban J connectivity index is 2.02. The summed E-state index contributed by atoms with van der Waals surface area (Å²) in [4.78, 5) is 32.6. The van der Waals surface area contributed by atoms with E-state index in [0.717, 1.165) is 0 Å². The van der Waals surface area contributed by atoms with Gasteiger partial charge < -0.3 is 19.6 Å². The Labute approximate surface area is 193 Å². The molecule has 33 heavy (non-hydrogen) atoms. The first-order valence-electron chi connectivity index (χ1n) is 10.8. The predicted octanol–water partition coefficient (Wildman–Crippen LogP) is 2.32. The summed E-state index contributed by atoms with van der Waals surface area (Å²) in [6.07, 6.45) is 1.06. The lowest BCUT2D eigenvalue weighted by molar-refractivity contribution is -0.129. The van der Waals surface area contributed by atoms with Gasteiger partial charge in [-0.05, 0) is 25.1 Å². The Hall–Kier alpha value is -3.44. The Morgan fingerprint density at radius 1 is 1.39 bits per heavy atom. The van der Waals surface area contributed by atoms with E-state index in [-0.39, 0.29) is 41.3 Å². The Morgan fingerprint density at radius 2 is 2.12 bits per heavy atom. The topological polar surface area (TPSA) is 83.0 Å². The number of aliphatic hydroxyl groups is 1. The fourth-order valence-electron chi connectivity index (χ4n) is 3.49. The number of aromatic nitrogens is 1. The zero-order valence-corrected chi connectivity index (χ0v) is 19.2. The van der Waals surface area contributed by atoms with Gasteiger partial charge in [-0.15, -0.1) is 0 Å². The van der Waals surface area contributed by atoms with Crippen LogP contribution in [0.4, 0.5) is 4.39 Å². The number of aliphatic hydroxyl groups excluding tert-OH is 1. The minimum atomic E-state index is -0.432. The average molecular weight is 454 g/mol. The molecule has 1 N–H and O–H groups in total. The highest BCUT2D eigenvalue weighted by Crippen LogP contribution is 2.27. The molecule has 0 fully saturated rings. The second kappa shape index (κ2) is 10.5. The second-order valence-electron chi connectivity index (χ2n) is 8.33. The maximum Gasteiger partial charge on any atom is 0.259 e. The van der Waals surface area contributed by atoms with E-state index in [1.807, 2.05) is 6.92 Å². The van der Waals surface area contributed by atoms with E-state index in [1.165, 1.54) is 19.2 Å². The van der Waals surface area contributed by atoms with E-state index < -0.39 is 18.0 Å². The van der Waals surface area contributed by atoms with Crippen LogP contribution in [0.5, 0.6) is 5.88 Å². The van der Waals surface area contributed by atoms with E-state index in [0.29, 0.717) is 18.7 Å². The molecule has 7 nitrogen and oxygen atoms in total. The lowest BCUT2D eigenvalue weighted by Gasteiger charge is -2.37. The van der Waals surface area contributed by atoms with Crippen molar-refractivity contribution >= 4 is 11.8 Å². The van der Waals surface area contributed by atoms with Gasteiger partial charge >= 0.3 is 0 Å². The van der Waals surface area contributed by atoms with Gasteiger partial charge in [0.05, 0.1) is 24.8 Å². The van der Waals surface area contributed by atoms with Gasteiger partial charge in [-0.1, -0.05) is 30.9 Å². The van der Waals surface area contributed by atoms with Crippen molar-refractivity contribution in [1.29, 1.82) is 0 Å². The van der Waals surface area contributed by atoms with Gasteiger partial charge in [0.2, 0.25) is 11.8 Å². The number of carbonyl (C=O) groups is 2. The van der Waals surface area contributed by atoms with Gasteiger partial charge in [-0.25, -0.2) is 9.37 Å². The average Bonchev–Trinajstić information content (AvgIpc) is 2.80. The largest absolute Gasteiger partial charge is 0.472 e. The molecule has 0 bridgehead atoms. The molecule has 2 aromatic rings. The van der Waals surface area contributed by atoms with Crippen LogP contribution in [0.3, 0.4) is 0 Å². The molecule has 3 rings (SSSR count). The first kappa shape index (κ1) is 24.2. The van der Waals surface area contributed by atoms with E-state index in [4.69, 9.17) is 4.74 Å². The van der Waals surface area contributed by atoms with E-state index >= 15 is 0 Å². The minimum Gasteiger partial charge on any atom is -0.472 e. The van der Waals surface area contributed by atoms with E-state index in [2.05, 4.69) is 16.8 Å². The first-order chi connectivity index (χ1) is 15.7. The molecule has 0 saturated carbocycles. The molecule has 2 amide bonds. The SMILES string of the molecule is CC(=O)N(C)C[C@H]1Oc2ncc(C#Cc3ccccc3F)cc2C(=O)N([C@H](C)CO)C[C@H]1C. The molecule has 8 heteroatoms. The predicted molar refractivity (Wildman–Crippen MR) is 121 cm³/mol. The van der Waals surface area contributed by atoms with Crippen molar-refractivity contribution in [3.63, 3.8) is 0 Å². The van der Waals surface area contributed by atoms with Gasteiger partial charge in [0.1, 0.15) is 17.5 Å². The van der Waals surface area contributed by atoms with Crippen LogP contribution in [0.15, 0.2) is 36.5 Å². The molecular weight excluding hydrogens is 425 g/mol. The molecule has 1 aliphatic rings. The van der Waals surface area contributed by atoms with Crippen molar-refractivity contribution in [1.82, 2.24) is 14.8 Å². The molecule has 1 aromatic heterocycles. The Kier molecular flexibility index (Phi) is 7.67. The van der Waals surface area contributed by atoms with Crippen LogP contribution >= 0.6 is 0 Å². The highest BCUT2D eigenvalue weighted by atomic mass is 19.1. The van der Waals surface area contributed by atoms with Gasteiger partial charge in [0.25, 0.3) is 5.91 Å². The van der Waals surface area contributed by atoms with Crippen molar-refractivity contribution in [2.45, 2.75) is 32.9 Å². The fraction of sp³-hybridized carbons (Fsp3) is 0.400. The summed E-state index contributed by atoms with van der Waals surface area (Å²) in [5.74, 6) is 4.76. The molecule has 3 atom stereocenters. The summed E-state index contributed by atoms with van der Waals surface area (Å²) in [7, 11) is 1.69. The third kappa shape index (κ3) is 5.68. The summed E-state index contributed by atoms with van der Waals surface area (Å²) in [6, 6.07) is 7.31. The molecule has 0 aliphatic carbocycles. The lowest BCUT2D eigenvalue weighted by Crippen LogP contribution is -2.50. The zero-order valence-electron chi connectivity index (χ0n) is 19.2. The number of carbonyl (C=O) groups excluding carboxylic acids is 2. The van der Waals surface area contributed by atoms with E-state index in [9.17, 15) is 19.1 Å². The van der Waals surface area contributed by atoms with Crippen molar-refractivity contribution < 1.29 is 23.8 Å². The van der Waals surface area contributed by atoms with Gasteiger partial charge in [0, 0.05) is 38.2 Å². The third-order valence-corrected chi connectivity index (χ3v) is 5.73. The number of amides is 2. The molecule has 0 spiro atoms. The Bertz CT molecular complexity index is 1090. The number of benzene rings is 1. The highest BCUT2D eigenvalue weighted by molar-refractivity contribution is 5.97. The highest BCUT2D eigenvalue weighted by Gasteiger charge is 2.34. The normalized spacial score (nSPS) is 18.7. The maximum absolute atomic E-state index is 13.9. The monoisotopic (exact) mass is 453 g/mol. The van der Waals surface area contributed by atoms with Crippen LogP contribution in [0.25, 0.3) is 0 Å². The number of hydrogen-bond acceptors (Lipinski definition) is 5. The van der Waals surface area contributed by atoms with Crippen LogP contribution < -0.4 is 4.74 Å². The smallest absolute Gasteiger partial charge is 0.259 e. The number of fused-ring (bicyclic) bond motifs is 1. The van der Waals surface area contributed by atoms with Crippen LogP contribution in [0.1, 0.15) is 42.3 Å². The van der Waals surface area contributed by atoms with Crippen molar-refractivity contribution in [2.75, 3.05) is 26.7 Å². The zero-order chi connectivity index (χ0) is 24.1. The summed E-state index contributed by atoms with van der Waals surface area (Å²) in [5, 5.41) is 9.72. The van der Waals surface area contributed by atoms with E-state index in [1.54, 1.807) is 48.0 Å². The standard InChI is InChI=1S/C25H28FN3O4/c1-16-13-29(17(2)15-30)25(32)21-11-19(9-10-20-7-5-6-8-22(20)26)12-27-24(21)33-23(16)14-28(4)18(3)31/h5-8,11-12,16-17,23,30H,13-15H2,1-4H3/t16-,17-,23-/m1/s1. The van der Waals surface area contributed by atoms with Gasteiger partial charge in [0.15, 0.2) is 0 Å². The number of ether oxygens (including phenoxy) is 1. The first-order valence-corrected chi connectivity index (χ1v) is 10.8. The van der Waals surface area contributed by atoms with Gasteiger partial charge in [-0.3, -0.25) is 9.59 Å². The minimum absolute atomic E-state index is 0.100.